The maximum absolute atomic E-state index is 11.1. The molecule has 9 nitrogen and oxygen atoms in total. The number of aldehydes is 1. The number of hydrogen-bond donors (Lipinski definition) is 3. The first kappa shape index (κ1) is 32.6. The monoisotopic (exact) mass is 534 g/mol. The van der Waals surface area contributed by atoms with Gasteiger partial charge in [-0.1, -0.05) is 52.8 Å². The molecular formula is C25H30N2O7S2. The minimum Gasteiger partial charge on any atom is -0.481 e. The van der Waals surface area contributed by atoms with Crippen LogP contribution in [0.25, 0.3) is 0 Å². The molecule has 3 N–H and O–H groups in total. The van der Waals surface area contributed by atoms with E-state index in [2.05, 4.69) is 23.8 Å². The van der Waals surface area contributed by atoms with Gasteiger partial charge < -0.3 is 9.90 Å². The number of carboxylic acid groups (broad SMARTS) is 1. The van der Waals surface area contributed by atoms with Gasteiger partial charge in [0, 0.05) is 29.1 Å². The molecule has 0 fully saturated rings. The Morgan fingerprint density at radius 1 is 0.944 bits per heavy atom. The number of imide groups is 2. The third-order valence-electron chi connectivity index (χ3n) is 4.20. The van der Waals surface area contributed by atoms with Gasteiger partial charge in [0.05, 0.1) is 17.5 Å². The zero-order chi connectivity index (χ0) is 27.5. The van der Waals surface area contributed by atoms with Gasteiger partial charge in [-0.05, 0) is 25.5 Å². The Hall–Kier alpha value is -3.44. The standard InChI is InChI=1S/C9H11NO2.C8H5NO2.C6H10O3S2.C2H4/c1-3-5-7-6(4-2)8(11)10-9(7)12;10-7-5-3-1-2-4-6(5)8(11)9-7;7-3-1-4-10-11-5-2-6(8)9;1-2/h3,5H,4H2,1-2H3,(H,10,11,12);1-4H,(H,9,10,11);3H,1-2,4-5H2,(H,8,9);1-2H2/b5-3-;;;. The third kappa shape index (κ3) is 11.3. The van der Waals surface area contributed by atoms with E-state index in [1.54, 1.807) is 47.2 Å². The number of fused-ring (bicyclic) bond motifs is 1. The Morgan fingerprint density at radius 3 is 1.94 bits per heavy atom. The van der Waals surface area contributed by atoms with E-state index in [-0.39, 0.29) is 30.0 Å². The van der Waals surface area contributed by atoms with Gasteiger partial charge in [0.25, 0.3) is 23.6 Å². The molecule has 4 amide bonds. The summed E-state index contributed by atoms with van der Waals surface area (Å²) in [5.41, 5.74) is 2.03. The lowest BCUT2D eigenvalue weighted by Gasteiger charge is -1.94. The topological polar surface area (TPSA) is 147 Å². The van der Waals surface area contributed by atoms with Gasteiger partial charge in [-0.3, -0.25) is 34.6 Å². The highest BCUT2D eigenvalue weighted by atomic mass is 33.1. The molecule has 0 radical (unpaired) electrons. The molecule has 0 unspecified atom stereocenters. The van der Waals surface area contributed by atoms with Crippen molar-refractivity contribution in [3.05, 3.63) is 71.8 Å². The third-order valence-corrected chi connectivity index (χ3v) is 6.64. The molecule has 3 rings (SSSR count). The lowest BCUT2D eigenvalue weighted by atomic mass is 10.1. The maximum atomic E-state index is 11.1. The number of benzene rings is 1. The molecule has 0 atom stereocenters. The van der Waals surface area contributed by atoms with Crippen LogP contribution in [0.5, 0.6) is 0 Å². The van der Waals surface area contributed by atoms with E-state index in [0.29, 0.717) is 40.9 Å². The first-order valence-electron chi connectivity index (χ1n) is 10.8. The molecule has 0 bridgehead atoms. The first-order valence-corrected chi connectivity index (χ1v) is 13.3. The Balaban J connectivity index is 0.000000493. The second-order valence-corrected chi connectivity index (χ2v) is 9.30. The molecule has 11 heteroatoms. The minimum absolute atomic E-state index is 0.193. The van der Waals surface area contributed by atoms with Crippen molar-refractivity contribution in [2.24, 2.45) is 0 Å². The number of allylic oxidation sites excluding steroid dienone is 1. The SMILES string of the molecule is C/C=C\C1=C(CC)C(=O)NC1=O.C=C.O=C1NC(=O)c2ccccc21.O=CCCSSCCC(=O)O. The molecular weight excluding hydrogens is 504 g/mol. The van der Waals surface area contributed by atoms with Crippen molar-refractivity contribution in [1.82, 2.24) is 10.6 Å². The second-order valence-electron chi connectivity index (χ2n) is 6.60. The van der Waals surface area contributed by atoms with Gasteiger partial charge in [-0.15, -0.1) is 13.2 Å². The molecule has 2 aliphatic rings. The molecule has 0 aromatic heterocycles. The Morgan fingerprint density at radius 2 is 1.47 bits per heavy atom. The highest BCUT2D eigenvalue weighted by Gasteiger charge is 2.26. The van der Waals surface area contributed by atoms with Crippen molar-refractivity contribution in [2.45, 2.75) is 33.1 Å². The van der Waals surface area contributed by atoms with Crippen LogP contribution in [-0.2, 0) is 19.2 Å². The fourth-order valence-electron chi connectivity index (χ4n) is 2.66. The Labute approximate surface area is 218 Å². The van der Waals surface area contributed by atoms with Crippen LogP contribution in [0, 0.1) is 0 Å². The number of hydrogen-bond acceptors (Lipinski definition) is 8. The molecule has 1 aromatic rings. The molecule has 0 saturated carbocycles. The van der Waals surface area contributed by atoms with E-state index in [9.17, 15) is 28.8 Å². The fourth-order valence-corrected chi connectivity index (χ4v) is 4.59. The molecule has 0 spiro atoms. The smallest absolute Gasteiger partial charge is 0.304 e. The van der Waals surface area contributed by atoms with E-state index in [4.69, 9.17) is 5.11 Å². The van der Waals surface area contributed by atoms with E-state index >= 15 is 0 Å². The van der Waals surface area contributed by atoms with Gasteiger partial charge >= 0.3 is 5.97 Å². The fraction of sp³-hybridized carbons (Fsp3) is 0.280. The molecule has 36 heavy (non-hydrogen) atoms. The molecule has 2 heterocycles. The summed E-state index contributed by atoms with van der Waals surface area (Å²) in [5.74, 6) is -0.526. The number of carboxylic acids is 1. The van der Waals surface area contributed by atoms with Gasteiger partial charge in [0.1, 0.15) is 6.29 Å². The zero-order valence-electron chi connectivity index (χ0n) is 20.2. The summed E-state index contributed by atoms with van der Waals surface area (Å²) in [5, 5.41) is 12.7. The van der Waals surface area contributed by atoms with Gasteiger partial charge in [0.15, 0.2) is 0 Å². The van der Waals surface area contributed by atoms with Gasteiger partial charge in [-0.2, -0.15) is 0 Å². The summed E-state index contributed by atoms with van der Waals surface area (Å²) in [4.78, 5) is 63.9. The zero-order valence-corrected chi connectivity index (χ0v) is 21.8. The average Bonchev–Trinajstić information content (AvgIpc) is 3.31. The molecule has 1 aromatic carbocycles. The van der Waals surface area contributed by atoms with Crippen molar-refractivity contribution in [3.63, 3.8) is 0 Å². The lowest BCUT2D eigenvalue weighted by Crippen LogP contribution is -2.22. The van der Waals surface area contributed by atoms with E-state index in [1.807, 2.05) is 13.8 Å². The van der Waals surface area contributed by atoms with E-state index < -0.39 is 5.97 Å². The molecule has 0 aliphatic carbocycles. The summed E-state index contributed by atoms with van der Waals surface area (Å²) in [6.45, 7) is 9.67. The normalized spacial score (nSPS) is 13.4. The van der Waals surface area contributed by atoms with Gasteiger partial charge in [-0.25, -0.2) is 0 Å². The first-order chi connectivity index (χ1) is 17.3. The molecule has 2 aliphatic heterocycles. The van der Waals surface area contributed by atoms with Crippen LogP contribution in [0.2, 0.25) is 0 Å². The summed E-state index contributed by atoms with van der Waals surface area (Å²) in [6.07, 6.45) is 5.62. The van der Waals surface area contributed by atoms with Crippen molar-refractivity contribution < 1.29 is 33.9 Å². The molecule has 0 saturated heterocycles. The summed E-state index contributed by atoms with van der Waals surface area (Å²) in [7, 11) is 3.04. The molecule has 194 valence electrons. The minimum atomic E-state index is -0.770. The van der Waals surface area contributed by atoms with Crippen LogP contribution >= 0.6 is 21.6 Å². The summed E-state index contributed by atoms with van der Waals surface area (Å²) < 4.78 is 0. The van der Waals surface area contributed by atoms with Crippen LogP contribution in [0.4, 0.5) is 0 Å². The highest BCUT2D eigenvalue weighted by Crippen LogP contribution is 2.22. The number of amides is 4. The predicted molar refractivity (Wildman–Crippen MR) is 143 cm³/mol. The van der Waals surface area contributed by atoms with Gasteiger partial charge in [0.2, 0.25) is 0 Å². The van der Waals surface area contributed by atoms with Crippen LogP contribution in [0.1, 0.15) is 53.8 Å². The van der Waals surface area contributed by atoms with Crippen LogP contribution in [0.3, 0.4) is 0 Å². The number of aliphatic carboxylic acids is 1. The van der Waals surface area contributed by atoms with Crippen molar-refractivity contribution in [3.8, 4) is 0 Å². The second kappa shape index (κ2) is 18.8. The Kier molecular flexibility index (Phi) is 17.0. The van der Waals surface area contributed by atoms with E-state index in [0.717, 1.165) is 12.0 Å². The number of carbonyl (C=O) groups is 6. The quantitative estimate of drug-likeness (QED) is 0.142. The maximum Gasteiger partial charge on any atom is 0.304 e. The van der Waals surface area contributed by atoms with Crippen molar-refractivity contribution in [2.75, 3.05) is 11.5 Å². The van der Waals surface area contributed by atoms with Crippen LogP contribution < -0.4 is 10.6 Å². The number of rotatable bonds is 9. The summed E-state index contributed by atoms with van der Waals surface area (Å²) >= 11 is 0. The largest absolute Gasteiger partial charge is 0.481 e. The van der Waals surface area contributed by atoms with Crippen molar-refractivity contribution in [1.29, 1.82) is 0 Å². The van der Waals surface area contributed by atoms with E-state index in [1.165, 1.54) is 10.8 Å². The summed E-state index contributed by atoms with van der Waals surface area (Å²) in [6, 6.07) is 6.74. The van der Waals surface area contributed by atoms with Crippen LogP contribution in [-0.4, -0.2) is 52.5 Å². The number of nitrogens with one attached hydrogen (secondary N) is 2. The highest BCUT2D eigenvalue weighted by molar-refractivity contribution is 8.76. The van der Waals surface area contributed by atoms with Crippen LogP contribution in [0.15, 0.2) is 60.7 Å². The number of carbonyl (C=O) groups excluding carboxylic acids is 5. The lowest BCUT2D eigenvalue weighted by molar-refractivity contribution is -0.136. The average molecular weight is 535 g/mol. The predicted octanol–water partition coefficient (Wildman–Crippen LogP) is 3.73. The van der Waals surface area contributed by atoms with Crippen molar-refractivity contribution >= 4 is 57.5 Å². The Bertz CT molecular complexity index is 986.